The Morgan fingerprint density at radius 1 is 1.20 bits per heavy atom. The zero-order valence-electron chi connectivity index (χ0n) is 10.7. The molecule has 0 amide bonds. The van der Waals surface area contributed by atoms with E-state index in [1.165, 1.54) is 15.9 Å². The highest BCUT2D eigenvalue weighted by Crippen LogP contribution is 2.15. The van der Waals surface area contributed by atoms with Crippen LogP contribution in [0.1, 0.15) is 11.4 Å². The fourth-order valence-electron chi connectivity index (χ4n) is 1.89. The minimum Gasteiger partial charge on any atom is -0.330 e. The molecule has 1 aromatic carbocycles. The molecule has 2 aromatic heterocycles. The molecule has 0 radical (unpaired) electrons. The van der Waals surface area contributed by atoms with E-state index in [-0.39, 0.29) is 5.56 Å². The summed E-state index contributed by atoms with van der Waals surface area (Å²) in [4.78, 5) is 12.9. The fraction of sp³-hybridized carbons (Fsp3) is 0.231. The van der Waals surface area contributed by atoms with Gasteiger partial charge >= 0.3 is 5.56 Å². The van der Waals surface area contributed by atoms with Crippen molar-refractivity contribution >= 4 is 16.3 Å². The van der Waals surface area contributed by atoms with Crippen molar-refractivity contribution in [1.29, 1.82) is 0 Å². The summed E-state index contributed by atoms with van der Waals surface area (Å²) in [5, 5.41) is 13.3. The number of aromatic nitrogens is 4. The molecule has 6 nitrogen and oxygen atoms in total. The minimum atomic E-state index is -0.239. The van der Waals surface area contributed by atoms with Crippen molar-refractivity contribution in [3.8, 4) is 11.3 Å². The van der Waals surface area contributed by atoms with Gasteiger partial charge in [-0.1, -0.05) is 41.7 Å². The smallest absolute Gasteiger partial charge is 0.302 e. The first kappa shape index (κ1) is 12.9. The van der Waals surface area contributed by atoms with E-state index in [0.29, 0.717) is 17.2 Å². The number of rotatable bonds is 4. The van der Waals surface area contributed by atoms with Gasteiger partial charge in [0, 0.05) is 12.0 Å². The Morgan fingerprint density at radius 2 is 2.00 bits per heavy atom. The van der Waals surface area contributed by atoms with Gasteiger partial charge in [0.2, 0.25) is 4.96 Å². The maximum absolute atomic E-state index is 12.4. The molecule has 0 aliphatic rings. The third-order valence-corrected chi connectivity index (χ3v) is 3.83. The van der Waals surface area contributed by atoms with Gasteiger partial charge in [-0.2, -0.15) is 9.61 Å². The summed E-state index contributed by atoms with van der Waals surface area (Å²) in [7, 11) is 0. The molecule has 0 saturated heterocycles. The number of hydrogen-bond donors (Lipinski definition) is 1. The first-order chi connectivity index (χ1) is 9.79. The normalized spacial score (nSPS) is 11.1. The Bertz CT molecular complexity index is 780. The van der Waals surface area contributed by atoms with E-state index >= 15 is 0 Å². The standard InChI is InChI=1S/C13H13N5OS/c14-8-4-7-10-17-18-12(19)11(15-16-13(18)20-10)9-5-2-1-3-6-9/h1-3,5-6H,4,7-8,14H2. The zero-order valence-corrected chi connectivity index (χ0v) is 11.5. The summed E-state index contributed by atoms with van der Waals surface area (Å²) in [5.41, 5.74) is 6.31. The van der Waals surface area contributed by atoms with Gasteiger partial charge in [-0.15, -0.1) is 10.2 Å². The molecular weight excluding hydrogens is 274 g/mol. The number of benzene rings is 1. The van der Waals surface area contributed by atoms with E-state index in [0.717, 1.165) is 23.4 Å². The van der Waals surface area contributed by atoms with Crippen LogP contribution >= 0.6 is 11.3 Å². The van der Waals surface area contributed by atoms with E-state index < -0.39 is 0 Å². The van der Waals surface area contributed by atoms with Crippen LogP contribution in [0.5, 0.6) is 0 Å². The van der Waals surface area contributed by atoms with Crippen LogP contribution in [-0.2, 0) is 6.42 Å². The second-order valence-corrected chi connectivity index (χ2v) is 5.34. The SMILES string of the molecule is NCCCc1nn2c(=O)c(-c3ccccc3)nnc2s1. The molecule has 20 heavy (non-hydrogen) atoms. The highest BCUT2D eigenvalue weighted by atomic mass is 32.1. The Kier molecular flexibility index (Phi) is 3.53. The molecule has 0 aliphatic heterocycles. The molecule has 2 N–H and O–H groups in total. The summed E-state index contributed by atoms with van der Waals surface area (Å²) >= 11 is 1.38. The molecule has 3 rings (SSSR count). The largest absolute Gasteiger partial charge is 0.330 e. The maximum atomic E-state index is 12.4. The third kappa shape index (κ3) is 2.33. The highest BCUT2D eigenvalue weighted by molar-refractivity contribution is 7.16. The number of nitrogens with zero attached hydrogens (tertiary/aromatic N) is 4. The predicted octanol–water partition coefficient (Wildman–Crippen LogP) is 1.10. The minimum absolute atomic E-state index is 0.239. The van der Waals surface area contributed by atoms with Crippen molar-refractivity contribution in [3.63, 3.8) is 0 Å². The summed E-state index contributed by atoms with van der Waals surface area (Å²) in [5.74, 6) is 0. The van der Waals surface area contributed by atoms with Crippen LogP contribution in [0.25, 0.3) is 16.2 Å². The monoisotopic (exact) mass is 287 g/mol. The van der Waals surface area contributed by atoms with E-state index in [1.807, 2.05) is 30.3 Å². The van der Waals surface area contributed by atoms with Crippen molar-refractivity contribution in [3.05, 3.63) is 45.7 Å². The Hall–Kier alpha value is -2.12. The van der Waals surface area contributed by atoms with Gasteiger partial charge < -0.3 is 5.73 Å². The van der Waals surface area contributed by atoms with E-state index in [2.05, 4.69) is 15.3 Å². The van der Waals surface area contributed by atoms with Gasteiger partial charge in [-0.3, -0.25) is 4.79 Å². The van der Waals surface area contributed by atoms with Crippen molar-refractivity contribution in [2.75, 3.05) is 6.54 Å². The fourth-order valence-corrected chi connectivity index (χ4v) is 2.76. The highest BCUT2D eigenvalue weighted by Gasteiger charge is 2.12. The molecule has 2 heterocycles. The number of hydrogen-bond acceptors (Lipinski definition) is 6. The lowest BCUT2D eigenvalue weighted by Gasteiger charge is -1.97. The number of fused-ring (bicyclic) bond motifs is 1. The van der Waals surface area contributed by atoms with Crippen molar-refractivity contribution in [1.82, 2.24) is 19.8 Å². The topological polar surface area (TPSA) is 86.2 Å². The molecule has 102 valence electrons. The average Bonchev–Trinajstić information content (AvgIpc) is 2.90. The van der Waals surface area contributed by atoms with Gasteiger partial charge in [0.25, 0.3) is 0 Å². The lowest BCUT2D eigenvalue weighted by molar-refractivity contribution is 0.779. The lowest BCUT2D eigenvalue weighted by atomic mass is 10.2. The van der Waals surface area contributed by atoms with Gasteiger partial charge in [0.15, 0.2) is 5.69 Å². The molecule has 0 aliphatic carbocycles. The van der Waals surface area contributed by atoms with Crippen LogP contribution in [0.3, 0.4) is 0 Å². The lowest BCUT2D eigenvalue weighted by Crippen LogP contribution is -2.19. The summed E-state index contributed by atoms with van der Waals surface area (Å²) in [6.45, 7) is 0.603. The van der Waals surface area contributed by atoms with Crippen LogP contribution in [0.2, 0.25) is 0 Å². The molecule has 0 bridgehead atoms. The number of aryl methyl sites for hydroxylation is 1. The molecule has 0 spiro atoms. The molecule has 7 heteroatoms. The second-order valence-electron chi connectivity index (χ2n) is 4.30. The third-order valence-electron chi connectivity index (χ3n) is 2.87. The van der Waals surface area contributed by atoms with Crippen LogP contribution in [-0.4, -0.2) is 26.4 Å². The molecule has 3 aromatic rings. The quantitative estimate of drug-likeness (QED) is 0.776. The summed E-state index contributed by atoms with van der Waals surface area (Å²) < 4.78 is 1.33. The first-order valence-electron chi connectivity index (χ1n) is 6.30. The molecule has 0 unspecified atom stereocenters. The maximum Gasteiger partial charge on any atom is 0.302 e. The Morgan fingerprint density at radius 3 is 2.75 bits per heavy atom. The molecule has 0 atom stereocenters. The van der Waals surface area contributed by atoms with Gasteiger partial charge in [0.05, 0.1) is 0 Å². The van der Waals surface area contributed by atoms with Crippen molar-refractivity contribution in [2.24, 2.45) is 5.73 Å². The van der Waals surface area contributed by atoms with Crippen LogP contribution in [0.4, 0.5) is 0 Å². The van der Waals surface area contributed by atoms with Crippen LogP contribution in [0, 0.1) is 0 Å². The molecule has 0 fully saturated rings. The van der Waals surface area contributed by atoms with E-state index in [1.54, 1.807) is 0 Å². The van der Waals surface area contributed by atoms with Gasteiger partial charge in [-0.25, -0.2) is 0 Å². The van der Waals surface area contributed by atoms with Crippen LogP contribution < -0.4 is 11.3 Å². The van der Waals surface area contributed by atoms with E-state index in [4.69, 9.17) is 5.73 Å². The summed E-state index contributed by atoms with van der Waals surface area (Å²) in [6.07, 6.45) is 1.60. The Labute approximate surface area is 118 Å². The zero-order chi connectivity index (χ0) is 13.9. The van der Waals surface area contributed by atoms with Crippen molar-refractivity contribution < 1.29 is 0 Å². The second kappa shape index (κ2) is 5.48. The number of nitrogens with two attached hydrogens (primary N) is 1. The first-order valence-corrected chi connectivity index (χ1v) is 7.12. The van der Waals surface area contributed by atoms with Gasteiger partial charge in [-0.05, 0) is 13.0 Å². The Balaban J connectivity index is 2.09. The molecule has 0 saturated carbocycles. The van der Waals surface area contributed by atoms with Crippen LogP contribution in [0.15, 0.2) is 35.1 Å². The average molecular weight is 287 g/mol. The summed E-state index contributed by atoms with van der Waals surface area (Å²) in [6, 6.07) is 9.28. The molecular formula is C13H13N5OS. The predicted molar refractivity (Wildman–Crippen MR) is 77.7 cm³/mol. The van der Waals surface area contributed by atoms with E-state index in [9.17, 15) is 4.79 Å². The van der Waals surface area contributed by atoms with Crippen molar-refractivity contribution in [2.45, 2.75) is 12.8 Å². The van der Waals surface area contributed by atoms with Gasteiger partial charge in [0.1, 0.15) is 5.01 Å².